The first kappa shape index (κ1) is 9.08. The smallest absolute Gasteiger partial charge is 0.0308 e. The molecule has 0 rings (SSSR count). The summed E-state index contributed by atoms with van der Waals surface area (Å²) in [5, 5.41) is 13.9. The van der Waals surface area contributed by atoms with Gasteiger partial charge in [0.15, 0.2) is 0 Å². The van der Waals surface area contributed by atoms with Gasteiger partial charge in [-0.05, 0) is 38.0 Å². The molecule has 0 saturated heterocycles. The average Bonchev–Trinajstić information content (AvgIpc) is 1.98. The highest BCUT2D eigenvalue weighted by Gasteiger charge is 1.89. The van der Waals surface area contributed by atoms with Gasteiger partial charge in [0.1, 0.15) is 0 Å². The van der Waals surface area contributed by atoms with Crippen molar-refractivity contribution in [3.8, 4) is 0 Å². The number of hydrogen-bond acceptors (Lipinski definition) is 2. The molecule has 0 heterocycles. The fourth-order valence-corrected chi connectivity index (χ4v) is 0.664. The van der Waals surface area contributed by atoms with Crippen LogP contribution in [0.1, 0.15) is 25.7 Å². The summed E-state index contributed by atoms with van der Waals surface area (Å²) in [6, 6.07) is 0. The molecule has 0 fully saturated rings. The second kappa shape index (κ2) is 6.20. The molecule has 0 aromatic heterocycles. The van der Waals surface area contributed by atoms with Crippen LogP contribution in [0.3, 0.4) is 0 Å². The van der Waals surface area contributed by atoms with E-state index in [2.05, 4.69) is 6.58 Å². The second-order valence-corrected chi connectivity index (χ2v) is 2.18. The molecule has 56 valence electrons. The first-order chi connectivity index (χ1) is 4.81. The Kier molecular flexibility index (Phi) is 5.63. The maximum absolute atomic E-state index is 7.20. The fourth-order valence-electron chi connectivity index (χ4n) is 0.664. The van der Waals surface area contributed by atoms with E-state index in [-0.39, 0.29) is 0 Å². The van der Waals surface area contributed by atoms with E-state index in [0.717, 1.165) is 25.7 Å². The van der Waals surface area contributed by atoms with Crippen LogP contribution < -0.4 is 0 Å². The van der Waals surface area contributed by atoms with Gasteiger partial charge in [-0.1, -0.05) is 6.58 Å². The van der Waals surface area contributed by atoms with Crippen molar-refractivity contribution in [2.24, 2.45) is 0 Å². The number of allylic oxidation sites excluding steroid dienone is 1. The second-order valence-electron chi connectivity index (χ2n) is 2.18. The summed E-state index contributed by atoms with van der Waals surface area (Å²) < 4.78 is 0. The van der Waals surface area contributed by atoms with Gasteiger partial charge in [0.2, 0.25) is 0 Å². The van der Waals surface area contributed by atoms with Crippen LogP contribution in [0.15, 0.2) is 12.7 Å². The van der Waals surface area contributed by atoms with Gasteiger partial charge in [-0.3, -0.25) is 0 Å². The van der Waals surface area contributed by atoms with Crippen molar-refractivity contribution >= 4 is 11.9 Å². The van der Waals surface area contributed by atoms with Crippen LogP contribution in [0.25, 0.3) is 0 Å². The third-order valence-electron chi connectivity index (χ3n) is 1.29. The van der Waals surface area contributed by atoms with Crippen molar-refractivity contribution < 1.29 is 0 Å². The van der Waals surface area contributed by atoms with Gasteiger partial charge in [-0.15, -0.1) is 0 Å². The van der Waals surface area contributed by atoms with Crippen molar-refractivity contribution in [2.75, 3.05) is 0 Å². The Labute approximate surface area is 62.0 Å². The van der Waals surface area contributed by atoms with Crippen molar-refractivity contribution in [1.82, 2.24) is 0 Å². The molecule has 0 spiro atoms. The Morgan fingerprint density at radius 2 is 2.10 bits per heavy atom. The predicted molar refractivity (Wildman–Crippen MR) is 45.2 cm³/mol. The summed E-state index contributed by atoms with van der Waals surface area (Å²) in [6.45, 7) is 3.49. The van der Waals surface area contributed by atoms with Gasteiger partial charge in [0, 0.05) is 5.71 Å². The van der Waals surface area contributed by atoms with Gasteiger partial charge >= 0.3 is 0 Å². The monoisotopic (exact) mass is 138 g/mol. The van der Waals surface area contributed by atoms with Gasteiger partial charge in [-0.2, -0.15) is 0 Å². The minimum absolute atomic E-state index is 0.602. The Morgan fingerprint density at radius 3 is 2.60 bits per heavy atom. The normalized spacial score (nSPS) is 8.80. The molecule has 0 unspecified atom stereocenters. The molecular formula is C8H14N2. The zero-order chi connectivity index (χ0) is 7.82. The number of unbranched alkanes of at least 4 members (excludes halogenated alkanes) is 2. The van der Waals surface area contributed by atoms with Crippen LogP contribution >= 0.6 is 0 Å². The van der Waals surface area contributed by atoms with Gasteiger partial charge in [-0.25, -0.2) is 0 Å². The molecule has 10 heavy (non-hydrogen) atoms. The lowest BCUT2D eigenvalue weighted by Gasteiger charge is -1.94. The molecular weight excluding hydrogens is 124 g/mol. The molecule has 0 aromatic rings. The third-order valence-corrected chi connectivity index (χ3v) is 1.29. The summed E-state index contributed by atoms with van der Waals surface area (Å²) >= 11 is 0. The van der Waals surface area contributed by atoms with E-state index < -0.39 is 0 Å². The molecule has 0 aliphatic rings. The topological polar surface area (TPSA) is 47.7 Å². The Morgan fingerprint density at radius 1 is 1.40 bits per heavy atom. The zero-order valence-electron chi connectivity index (χ0n) is 6.19. The third kappa shape index (κ3) is 5.22. The Hall–Kier alpha value is -0.920. The summed E-state index contributed by atoms with van der Waals surface area (Å²) in [4.78, 5) is 0. The lowest BCUT2D eigenvalue weighted by molar-refractivity contribution is 0.798. The average molecular weight is 138 g/mol. The Balaban J connectivity index is 3.11. The summed E-state index contributed by atoms with van der Waals surface area (Å²) in [7, 11) is 0. The maximum atomic E-state index is 7.20. The highest BCUT2D eigenvalue weighted by Crippen LogP contribution is 1.98. The maximum Gasteiger partial charge on any atom is 0.0308 e. The first-order valence-corrected chi connectivity index (χ1v) is 3.50. The SMILES string of the molecule is C=CC(=N)CCCCC=N. The Bertz CT molecular complexity index is 127. The number of rotatable bonds is 6. The highest BCUT2D eigenvalue weighted by atomic mass is 14.4. The number of nitrogens with one attached hydrogen (secondary N) is 2. The summed E-state index contributed by atoms with van der Waals surface area (Å²) in [5.41, 5.74) is 0.602. The molecule has 2 N–H and O–H groups in total. The van der Waals surface area contributed by atoms with E-state index in [1.54, 1.807) is 6.08 Å². The van der Waals surface area contributed by atoms with Crippen LogP contribution in [-0.4, -0.2) is 11.9 Å². The van der Waals surface area contributed by atoms with E-state index in [9.17, 15) is 0 Å². The predicted octanol–water partition coefficient (Wildman–Crippen LogP) is 2.40. The van der Waals surface area contributed by atoms with E-state index in [0.29, 0.717) is 5.71 Å². The van der Waals surface area contributed by atoms with Crippen molar-refractivity contribution in [3.63, 3.8) is 0 Å². The van der Waals surface area contributed by atoms with Gasteiger partial charge in [0.05, 0.1) is 0 Å². The number of hydrogen-bond donors (Lipinski definition) is 2. The molecule has 0 saturated carbocycles. The summed E-state index contributed by atoms with van der Waals surface area (Å²) in [6.07, 6.45) is 6.64. The molecule has 2 heteroatoms. The van der Waals surface area contributed by atoms with Crippen molar-refractivity contribution in [1.29, 1.82) is 10.8 Å². The molecule has 0 amide bonds. The zero-order valence-corrected chi connectivity index (χ0v) is 6.19. The van der Waals surface area contributed by atoms with Crippen LogP contribution in [0.2, 0.25) is 0 Å². The lowest BCUT2D eigenvalue weighted by Crippen LogP contribution is -1.89. The molecule has 0 aliphatic heterocycles. The molecule has 0 aliphatic carbocycles. The van der Waals surface area contributed by atoms with E-state index in [4.69, 9.17) is 10.8 Å². The van der Waals surface area contributed by atoms with Crippen molar-refractivity contribution in [3.05, 3.63) is 12.7 Å². The molecule has 2 nitrogen and oxygen atoms in total. The van der Waals surface area contributed by atoms with E-state index in [1.807, 2.05) is 0 Å². The van der Waals surface area contributed by atoms with Gasteiger partial charge in [0.25, 0.3) is 0 Å². The minimum Gasteiger partial charge on any atom is -0.313 e. The molecule has 0 atom stereocenters. The quantitative estimate of drug-likeness (QED) is 0.418. The standard InChI is InChI=1S/C8H14N2/c1-2-8(10)6-4-3-5-7-9/h2,7,9-10H,1,3-6H2. The molecule has 0 radical (unpaired) electrons. The van der Waals surface area contributed by atoms with Crippen LogP contribution in [0.4, 0.5) is 0 Å². The van der Waals surface area contributed by atoms with Crippen LogP contribution in [-0.2, 0) is 0 Å². The minimum atomic E-state index is 0.602. The van der Waals surface area contributed by atoms with Crippen LogP contribution in [0.5, 0.6) is 0 Å². The van der Waals surface area contributed by atoms with Crippen LogP contribution in [0, 0.1) is 10.8 Å². The van der Waals surface area contributed by atoms with Crippen molar-refractivity contribution in [2.45, 2.75) is 25.7 Å². The first-order valence-electron chi connectivity index (χ1n) is 3.50. The van der Waals surface area contributed by atoms with Gasteiger partial charge < -0.3 is 10.8 Å². The molecule has 0 aromatic carbocycles. The lowest BCUT2D eigenvalue weighted by atomic mass is 10.1. The molecule has 0 bridgehead atoms. The largest absolute Gasteiger partial charge is 0.313 e. The van der Waals surface area contributed by atoms with E-state index in [1.165, 1.54) is 6.21 Å². The van der Waals surface area contributed by atoms with E-state index >= 15 is 0 Å². The fraction of sp³-hybridized carbons (Fsp3) is 0.500. The highest BCUT2D eigenvalue weighted by molar-refractivity contribution is 5.91. The summed E-state index contributed by atoms with van der Waals surface area (Å²) in [5.74, 6) is 0.